The Morgan fingerprint density at radius 1 is 1.21 bits per heavy atom. The van der Waals surface area contributed by atoms with Gasteiger partial charge in [-0.3, -0.25) is 14.5 Å². The van der Waals surface area contributed by atoms with Gasteiger partial charge in [-0.1, -0.05) is 18.2 Å². The normalized spacial score (nSPS) is 9.57. The topological polar surface area (TPSA) is 37.4 Å². The Morgan fingerprint density at radius 3 is 2.21 bits per heavy atom. The lowest BCUT2D eigenvalue weighted by atomic mass is 10.2. The van der Waals surface area contributed by atoms with Gasteiger partial charge in [0.1, 0.15) is 6.00 Å². The summed E-state index contributed by atoms with van der Waals surface area (Å²) in [6, 6.07) is 8.07. The van der Waals surface area contributed by atoms with Crippen molar-refractivity contribution in [2.24, 2.45) is 0 Å². The molecule has 0 radical (unpaired) electrons. The van der Waals surface area contributed by atoms with E-state index < -0.39 is 11.3 Å². The average molecular weight is 232 g/mol. The summed E-state index contributed by atoms with van der Waals surface area (Å²) in [6.45, 7) is 0. The van der Waals surface area contributed by atoms with Crippen LogP contribution in [0.3, 0.4) is 0 Å². The maximum Gasteiger partial charge on any atom is 0.324 e. The molecule has 74 valence electrons. The first-order valence-corrected chi connectivity index (χ1v) is 4.70. The molecular formula is C9H7Cl2NO2. The Bertz CT molecular complexity index is 340. The lowest BCUT2D eigenvalue weighted by molar-refractivity contribution is 0.0839. The fourth-order valence-corrected chi connectivity index (χ4v) is 1.33. The molecule has 1 aromatic carbocycles. The fourth-order valence-electron chi connectivity index (χ4n) is 0.918. The number of halogens is 2. The van der Waals surface area contributed by atoms with Crippen LogP contribution in [0.5, 0.6) is 0 Å². The molecule has 2 amide bonds. The lowest BCUT2D eigenvalue weighted by Gasteiger charge is -2.13. The summed E-state index contributed by atoms with van der Waals surface area (Å²) in [4.78, 5) is 23.1. The van der Waals surface area contributed by atoms with Gasteiger partial charge in [-0.25, -0.2) is 0 Å². The van der Waals surface area contributed by atoms with E-state index in [0.29, 0.717) is 5.56 Å². The Kier molecular flexibility index (Phi) is 3.92. The predicted molar refractivity (Wildman–Crippen MR) is 54.6 cm³/mol. The SMILES string of the molecule is O=C(Cl)N(CCl)C(=O)c1ccccc1. The molecule has 14 heavy (non-hydrogen) atoms. The standard InChI is InChI=1S/C9H7Cl2NO2/c10-6-12(9(11)14)8(13)7-4-2-1-3-5-7/h1-5H,6H2. The third-order valence-corrected chi connectivity index (χ3v) is 2.04. The summed E-state index contributed by atoms with van der Waals surface area (Å²) >= 11 is 10.6. The molecule has 1 aromatic rings. The van der Waals surface area contributed by atoms with Crippen molar-refractivity contribution < 1.29 is 9.59 Å². The van der Waals surface area contributed by atoms with Gasteiger partial charge in [0.15, 0.2) is 0 Å². The first kappa shape index (κ1) is 11.0. The van der Waals surface area contributed by atoms with Crippen molar-refractivity contribution in [3.8, 4) is 0 Å². The zero-order valence-corrected chi connectivity index (χ0v) is 8.63. The molecule has 3 nitrogen and oxygen atoms in total. The van der Waals surface area contributed by atoms with Crippen LogP contribution < -0.4 is 0 Å². The number of hydrogen-bond acceptors (Lipinski definition) is 2. The highest BCUT2D eigenvalue weighted by Crippen LogP contribution is 2.07. The van der Waals surface area contributed by atoms with E-state index in [4.69, 9.17) is 23.2 Å². The van der Waals surface area contributed by atoms with Gasteiger partial charge < -0.3 is 0 Å². The van der Waals surface area contributed by atoms with Crippen LogP contribution in [0.2, 0.25) is 0 Å². The van der Waals surface area contributed by atoms with Gasteiger partial charge in [0.05, 0.1) is 0 Å². The van der Waals surface area contributed by atoms with Gasteiger partial charge in [0, 0.05) is 5.56 Å². The van der Waals surface area contributed by atoms with Gasteiger partial charge in [-0.2, -0.15) is 0 Å². The molecule has 0 aromatic heterocycles. The quantitative estimate of drug-likeness (QED) is 0.446. The van der Waals surface area contributed by atoms with Gasteiger partial charge >= 0.3 is 5.37 Å². The number of benzene rings is 1. The zero-order chi connectivity index (χ0) is 10.6. The fraction of sp³-hybridized carbons (Fsp3) is 0.111. The minimum Gasteiger partial charge on any atom is -0.269 e. The van der Waals surface area contributed by atoms with E-state index in [9.17, 15) is 9.59 Å². The van der Waals surface area contributed by atoms with Gasteiger partial charge in [0.2, 0.25) is 0 Å². The first-order valence-electron chi connectivity index (χ1n) is 3.79. The molecule has 0 heterocycles. The molecule has 0 fully saturated rings. The number of rotatable bonds is 2. The highest BCUT2D eigenvalue weighted by Gasteiger charge is 2.19. The minimum atomic E-state index is -0.881. The van der Waals surface area contributed by atoms with Crippen molar-refractivity contribution in [1.82, 2.24) is 4.90 Å². The van der Waals surface area contributed by atoms with E-state index >= 15 is 0 Å². The Morgan fingerprint density at radius 2 is 1.79 bits per heavy atom. The van der Waals surface area contributed by atoms with E-state index in [1.165, 1.54) is 0 Å². The summed E-state index contributed by atoms with van der Waals surface area (Å²) in [5.41, 5.74) is 0.377. The van der Waals surface area contributed by atoms with Crippen molar-refractivity contribution in [2.75, 3.05) is 6.00 Å². The molecule has 0 atom stereocenters. The monoisotopic (exact) mass is 231 g/mol. The second kappa shape index (κ2) is 4.98. The average Bonchev–Trinajstić information content (AvgIpc) is 2.19. The molecular weight excluding hydrogens is 225 g/mol. The van der Waals surface area contributed by atoms with Gasteiger partial charge in [-0.15, -0.1) is 11.6 Å². The number of nitrogens with zero attached hydrogens (tertiary/aromatic N) is 1. The molecule has 1 rings (SSSR count). The van der Waals surface area contributed by atoms with Crippen LogP contribution in [0.15, 0.2) is 30.3 Å². The first-order chi connectivity index (χ1) is 6.66. The largest absolute Gasteiger partial charge is 0.324 e. The van der Waals surface area contributed by atoms with E-state index in [1.807, 2.05) is 0 Å². The van der Waals surface area contributed by atoms with E-state index in [1.54, 1.807) is 30.3 Å². The summed E-state index contributed by atoms with van der Waals surface area (Å²) in [5.74, 6) is -0.499. The van der Waals surface area contributed by atoms with Crippen LogP contribution in [-0.2, 0) is 0 Å². The minimum absolute atomic E-state index is 0.254. The maximum absolute atomic E-state index is 11.6. The molecule has 0 bridgehead atoms. The Hall–Kier alpha value is -1.06. The highest BCUT2D eigenvalue weighted by molar-refractivity contribution is 6.64. The third kappa shape index (κ3) is 2.47. The number of carbonyl (C=O) groups excluding carboxylic acids is 2. The number of carbonyl (C=O) groups is 2. The highest BCUT2D eigenvalue weighted by atomic mass is 35.5. The number of amides is 2. The molecule has 0 aliphatic rings. The molecule has 5 heteroatoms. The van der Waals surface area contributed by atoms with Crippen molar-refractivity contribution in [1.29, 1.82) is 0 Å². The predicted octanol–water partition coefficient (Wildman–Crippen LogP) is 2.68. The number of hydrogen-bond donors (Lipinski definition) is 0. The van der Waals surface area contributed by atoms with Crippen molar-refractivity contribution in [3.05, 3.63) is 35.9 Å². The molecule has 0 aliphatic carbocycles. The summed E-state index contributed by atoms with van der Waals surface area (Å²) in [6.07, 6.45) is 0. The van der Waals surface area contributed by atoms with E-state index in [2.05, 4.69) is 0 Å². The number of imide groups is 1. The van der Waals surface area contributed by atoms with Crippen molar-refractivity contribution >= 4 is 34.5 Å². The van der Waals surface area contributed by atoms with Gasteiger partial charge in [0.25, 0.3) is 5.91 Å². The summed E-state index contributed by atoms with van der Waals surface area (Å²) in [5, 5.41) is -0.881. The van der Waals surface area contributed by atoms with Crippen LogP contribution in [0.1, 0.15) is 10.4 Å². The van der Waals surface area contributed by atoms with Crippen LogP contribution in [-0.4, -0.2) is 22.2 Å². The smallest absolute Gasteiger partial charge is 0.269 e. The molecule has 0 aliphatic heterocycles. The third-order valence-electron chi connectivity index (χ3n) is 1.60. The number of alkyl halides is 1. The van der Waals surface area contributed by atoms with Crippen LogP contribution >= 0.6 is 23.2 Å². The van der Waals surface area contributed by atoms with Crippen LogP contribution in [0.4, 0.5) is 4.79 Å². The van der Waals surface area contributed by atoms with Crippen molar-refractivity contribution in [2.45, 2.75) is 0 Å². The molecule has 0 saturated carbocycles. The van der Waals surface area contributed by atoms with E-state index in [0.717, 1.165) is 4.90 Å². The maximum atomic E-state index is 11.6. The molecule has 0 saturated heterocycles. The van der Waals surface area contributed by atoms with Crippen LogP contribution in [0, 0.1) is 0 Å². The molecule has 0 spiro atoms. The van der Waals surface area contributed by atoms with Crippen LogP contribution in [0.25, 0.3) is 0 Å². The van der Waals surface area contributed by atoms with E-state index in [-0.39, 0.29) is 6.00 Å². The summed E-state index contributed by atoms with van der Waals surface area (Å²) < 4.78 is 0. The summed E-state index contributed by atoms with van der Waals surface area (Å²) in [7, 11) is 0. The molecule has 0 N–H and O–H groups in total. The second-order valence-corrected chi connectivity index (χ2v) is 3.03. The zero-order valence-electron chi connectivity index (χ0n) is 7.11. The Labute approximate surface area is 91.2 Å². The molecule has 0 unspecified atom stereocenters. The van der Waals surface area contributed by atoms with Gasteiger partial charge in [-0.05, 0) is 23.7 Å². The van der Waals surface area contributed by atoms with Crippen molar-refractivity contribution in [3.63, 3.8) is 0 Å². The lowest BCUT2D eigenvalue weighted by Crippen LogP contribution is -2.31. The Balaban J connectivity index is 2.89. The second-order valence-electron chi connectivity index (χ2n) is 2.47.